The Morgan fingerprint density at radius 1 is 1.16 bits per heavy atom. The van der Waals surface area contributed by atoms with E-state index >= 15 is 0 Å². The Balaban J connectivity index is 0.000000315. The molecule has 3 heterocycles. The maximum Gasteiger partial charge on any atom is 0.353 e. The molecule has 0 spiro atoms. The van der Waals surface area contributed by atoms with E-state index in [1.807, 2.05) is 18.2 Å². The smallest absolute Gasteiger partial charge is 0.353 e. The van der Waals surface area contributed by atoms with E-state index in [-0.39, 0.29) is 47.7 Å². The molecule has 1 aliphatic rings. The molecule has 3 amide bonds. The zero-order chi connectivity index (χ0) is 31.3. The lowest BCUT2D eigenvalue weighted by molar-refractivity contribution is -0.118. The number of primary amides is 1. The van der Waals surface area contributed by atoms with Crippen LogP contribution in [-0.2, 0) is 16.1 Å². The first-order valence-electron chi connectivity index (χ1n) is 12.7. The number of hydrogen-bond donors (Lipinski definition) is 5. The number of methoxy groups -OCH3 is 1. The van der Waals surface area contributed by atoms with Gasteiger partial charge in [-0.05, 0) is 42.3 Å². The van der Waals surface area contributed by atoms with E-state index in [1.54, 1.807) is 31.2 Å². The molecule has 5 rings (SSSR count). The van der Waals surface area contributed by atoms with Crippen molar-refractivity contribution in [2.75, 3.05) is 19.0 Å². The number of halogens is 1. The summed E-state index contributed by atoms with van der Waals surface area (Å²) in [6.45, 7) is 2.26. The summed E-state index contributed by atoms with van der Waals surface area (Å²) in [5.41, 5.74) is 12.5. The van der Waals surface area contributed by atoms with Crippen LogP contribution in [0.25, 0.3) is 5.65 Å². The number of nitrogens with one attached hydrogen (secondary N) is 2. The number of esters is 1. The molecule has 0 radical (unpaired) electrons. The molecule has 1 atom stereocenters. The highest BCUT2D eigenvalue weighted by Crippen LogP contribution is 2.28. The number of carboxylic acids is 1. The summed E-state index contributed by atoms with van der Waals surface area (Å²) in [7, 11) is 1.28. The number of carboxylic acid groups (broad SMARTS) is 1. The van der Waals surface area contributed by atoms with Crippen LogP contribution >= 0.6 is 12.4 Å². The van der Waals surface area contributed by atoms with Crippen LogP contribution in [0.1, 0.15) is 65.9 Å². The highest BCUT2D eigenvalue weighted by Gasteiger charge is 2.22. The van der Waals surface area contributed by atoms with Crippen LogP contribution in [0.4, 0.5) is 5.69 Å². The van der Waals surface area contributed by atoms with Crippen molar-refractivity contribution in [3.8, 4) is 5.75 Å². The van der Waals surface area contributed by atoms with Gasteiger partial charge >= 0.3 is 11.9 Å². The first kappa shape index (κ1) is 33.0. The SMILES string of the molecule is COC(=O)c1ccc([C@H](C)NC(=O)c2cc(C(=O)O)n3cnc(C(N)=O)c3n2)cc1.Cl.NCc1ccc2c(c1)NC(=O)CO2. The first-order chi connectivity index (χ1) is 20.5. The predicted octanol–water partition coefficient (Wildman–Crippen LogP) is 1.70. The molecule has 4 aromatic rings. The van der Waals surface area contributed by atoms with E-state index < -0.39 is 29.8 Å². The average molecular weight is 626 g/mol. The van der Waals surface area contributed by atoms with Gasteiger partial charge in [-0.15, -0.1) is 12.4 Å². The highest BCUT2D eigenvalue weighted by atomic mass is 35.5. The number of fused-ring (bicyclic) bond motifs is 2. The molecule has 2 aromatic carbocycles. The zero-order valence-corrected chi connectivity index (χ0v) is 24.2. The summed E-state index contributed by atoms with van der Waals surface area (Å²) in [5.74, 6) is -2.81. The molecular weight excluding hydrogens is 598 g/mol. The summed E-state index contributed by atoms with van der Waals surface area (Å²) in [6, 6.07) is 12.5. The number of aromatic nitrogens is 3. The second-order valence-corrected chi connectivity index (χ2v) is 9.16. The van der Waals surface area contributed by atoms with Gasteiger partial charge in [0.15, 0.2) is 17.9 Å². The molecule has 0 unspecified atom stereocenters. The minimum absolute atomic E-state index is 0. The monoisotopic (exact) mass is 625 g/mol. The van der Waals surface area contributed by atoms with Crippen molar-refractivity contribution in [1.82, 2.24) is 19.7 Å². The van der Waals surface area contributed by atoms with Crippen molar-refractivity contribution in [3.05, 3.63) is 88.6 Å². The number of benzene rings is 2. The van der Waals surface area contributed by atoms with E-state index in [9.17, 15) is 29.1 Å². The van der Waals surface area contributed by atoms with Crippen LogP contribution in [0.3, 0.4) is 0 Å². The third-order valence-electron chi connectivity index (χ3n) is 6.28. The summed E-state index contributed by atoms with van der Waals surface area (Å²) in [5, 5.41) is 14.8. The van der Waals surface area contributed by atoms with Crippen molar-refractivity contribution >= 4 is 53.4 Å². The largest absolute Gasteiger partial charge is 0.482 e. The van der Waals surface area contributed by atoms with Crippen molar-refractivity contribution in [2.45, 2.75) is 19.5 Å². The summed E-state index contributed by atoms with van der Waals surface area (Å²) in [4.78, 5) is 66.1. The molecule has 0 fully saturated rings. The molecule has 7 N–H and O–H groups in total. The van der Waals surface area contributed by atoms with Gasteiger partial charge in [0.25, 0.3) is 17.7 Å². The van der Waals surface area contributed by atoms with E-state index in [2.05, 4.69) is 25.3 Å². The molecule has 1 aliphatic heterocycles. The Morgan fingerprint density at radius 3 is 2.48 bits per heavy atom. The van der Waals surface area contributed by atoms with Crippen molar-refractivity contribution in [1.29, 1.82) is 0 Å². The number of ether oxygens (including phenoxy) is 2. The number of carbonyl (C=O) groups is 5. The number of hydrogen-bond acceptors (Lipinski definition) is 10. The molecule has 2 aromatic heterocycles. The van der Waals surface area contributed by atoms with Gasteiger partial charge in [-0.2, -0.15) is 0 Å². The number of anilines is 1. The maximum atomic E-state index is 12.7. The topological polar surface area (TPSA) is 230 Å². The zero-order valence-electron chi connectivity index (χ0n) is 23.4. The van der Waals surface area contributed by atoms with Gasteiger partial charge in [0.1, 0.15) is 23.5 Å². The van der Waals surface area contributed by atoms with Gasteiger partial charge in [-0.25, -0.2) is 19.6 Å². The number of nitrogens with zero attached hydrogens (tertiary/aromatic N) is 3. The van der Waals surface area contributed by atoms with Crippen LogP contribution < -0.4 is 26.8 Å². The molecule has 0 bridgehead atoms. The molecule has 0 aliphatic carbocycles. The minimum Gasteiger partial charge on any atom is -0.482 e. The normalized spacial score (nSPS) is 12.2. The number of imidazole rings is 1. The Hall–Kier alpha value is -5.54. The number of nitrogens with two attached hydrogens (primary N) is 2. The Labute approximate surface area is 256 Å². The lowest BCUT2D eigenvalue weighted by atomic mass is 10.1. The van der Waals surface area contributed by atoms with Crippen LogP contribution in [0.15, 0.2) is 54.9 Å². The minimum atomic E-state index is -1.34. The van der Waals surface area contributed by atoms with E-state index in [4.69, 9.17) is 16.2 Å². The van der Waals surface area contributed by atoms with E-state index in [0.29, 0.717) is 29.1 Å². The fourth-order valence-corrected chi connectivity index (χ4v) is 4.06. The molecule has 16 heteroatoms. The Kier molecular flexibility index (Phi) is 10.6. The first-order valence-corrected chi connectivity index (χ1v) is 12.7. The van der Waals surface area contributed by atoms with Crippen molar-refractivity contribution in [2.24, 2.45) is 11.5 Å². The predicted molar refractivity (Wildman–Crippen MR) is 158 cm³/mol. The van der Waals surface area contributed by atoms with Gasteiger partial charge in [-0.3, -0.25) is 18.8 Å². The highest BCUT2D eigenvalue weighted by molar-refractivity contribution is 6.00. The molecular formula is C28H28ClN7O8. The van der Waals surface area contributed by atoms with Gasteiger partial charge in [0, 0.05) is 12.6 Å². The molecule has 0 saturated heterocycles. The number of carbonyl (C=O) groups excluding carboxylic acids is 4. The number of rotatable bonds is 7. The van der Waals surface area contributed by atoms with Crippen molar-refractivity contribution < 1.29 is 38.6 Å². The summed E-state index contributed by atoms with van der Waals surface area (Å²) >= 11 is 0. The average Bonchev–Trinajstić information content (AvgIpc) is 3.44. The van der Waals surface area contributed by atoms with Gasteiger partial charge < -0.3 is 36.7 Å². The third-order valence-corrected chi connectivity index (χ3v) is 6.28. The third kappa shape index (κ3) is 7.26. The lowest BCUT2D eigenvalue weighted by Crippen LogP contribution is -2.28. The Morgan fingerprint density at radius 2 is 1.86 bits per heavy atom. The van der Waals surface area contributed by atoms with E-state index in [1.165, 1.54) is 7.11 Å². The fourth-order valence-electron chi connectivity index (χ4n) is 4.06. The second-order valence-electron chi connectivity index (χ2n) is 9.16. The van der Waals surface area contributed by atoms with Crippen LogP contribution in [0.5, 0.6) is 5.75 Å². The standard InChI is InChI=1S/C19H17N5O6.C9H10N2O2.ClH/c1-9(10-3-5-11(6-4-10)19(29)30-2)22-17(26)12-7-13(18(27)28)24-8-21-14(15(20)25)16(24)23-12;10-4-6-1-2-8-7(3-6)11-9(12)5-13-8;/h3-9H,1-2H3,(H2,20,25)(H,22,26)(H,27,28);1-3H,4-5,10H2,(H,11,12);1H/t9-;;/m0../s1. The number of aromatic carboxylic acids is 1. The molecule has 44 heavy (non-hydrogen) atoms. The lowest BCUT2D eigenvalue weighted by Gasteiger charge is -2.18. The molecule has 230 valence electrons. The van der Waals surface area contributed by atoms with Crippen LogP contribution in [-0.4, -0.2) is 62.9 Å². The maximum absolute atomic E-state index is 12.7. The summed E-state index contributed by atoms with van der Waals surface area (Å²) in [6.07, 6.45) is 1.10. The van der Waals surface area contributed by atoms with Crippen molar-refractivity contribution in [3.63, 3.8) is 0 Å². The van der Waals surface area contributed by atoms with Crippen LogP contribution in [0, 0.1) is 0 Å². The molecule has 0 saturated carbocycles. The molecule has 15 nitrogen and oxygen atoms in total. The van der Waals surface area contributed by atoms with Gasteiger partial charge in [0.2, 0.25) is 0 Å². The second kappa shape index (κ2) is 14.1. The fraction of sp³-hybridized carbons (Fsp3) is 0.179. The Bertz CT molecular complexity index is 1740. The number of amides is 3. The quantitative estimate of drug-likeness (QED) is 0.185. The van der Waals surface area contributed by atoms with Crippen LogP contribution in [0.2, 0.25) is 0 Å². The van der Waals surface area contributed by atoms with Gasteiger partial charge in [0.05, 0.1) is 24.4 Å². The van der Waals surface area contributed by atoms with E-state index in [0.717, 1.165) is 22.4 Å². The summed E-state index contributed by atoms with van der Waals surface area (Å²) < 4.78 is 10.9. The van der Waals surface area contributed by atoms with Gasteiger partial charge in [-0.1, -0.05) is 18.2 Å².